The number of imidazole rings is 1. The molecule has 4 aromatic rings. The summed E-state index contributed by atoms with van der Waals surface area (Å²) in [5, 5.41) is 0.562. The Balaban J connectivity index is 1.86. The third-order valence-electron chi connectivity index (χ3n) is 5.14. The van der Waals surface area contributed by atoms with E-state index in [2.05, 4.69) is 4.98 Å². The van der Waals surface area contributed by atoms with Crippen LogP contribution in [-0.4, -0.2) is 18.7 Å². The standard InChI is InChI=1S/C22H19ClF2N4O3/c1-22(24,25)14-6-10-16(11-7-14)32-20-26-18-17(19(30)28(3)21(31)27(18)2)29(20)12-13-4-8-15(23)9-5-13/h4-11H,12H2,1-3H3. The molecule has 2 aromatic heterocycles. The number of fused-ring (bicyclic) bond motifs is 1. The minimum atomic E-state index is -2.98. The Morgan fingerprint density at radius 1 is 1.00 bits per heavy atom. The highest BCUT2D eigenvalue weighted by Crippen LogP contribution is 2.30. The van der Waals surface area contributed by atoms with Crippen molar-refractivity contribution < 1.29 is 13.5 Å². The van der Waals surface area contributed by atoms with Crippen LogP contribution in [0.25, 0.3) is 11.2 Å². The zero-order valence-electron chi connectivity index (χ0n) is 17.5. The van der Waals surface area contributed by atoms with E-state index in [1.54, 1.807) is 28.8 Å². The van der Waals surface area contributed by atoms with E-state index in [0.29, 0.717) is 5.02 Å². The molecule has 0 radical (unpaired) electrons. The molecule has 0 aliphatic rings. The monoisotopic (exact) mass is 460 g/mol. The summed E-state index contributed by atoms with van der Waals surface area (Å²) in [7, 11) is 2.89. The fourth-order valence-corrected chi connectivity index (χ4v) is 3.47. The van der Waals surface area contributed by atoms with Gasteiger partial charge in [-0.05, 0) is 42.0 Å². The van der Waals surface area contributed by atoms with Gasteiger partial charge in [-0.1, -0.05) is 23.7 Å². The molecule has 0 atom stereocenters. The number of halogens is 3. The third-order valence-corrected chi connectivity index (χ3v) is 5.39. The van der Waals surface area contributed by atoms with Crippen LogP contribution in [0.2, 0.25) is 5.02 Å². The molecule has 4 rings (SSSR count). The van der Waals surface area contributed by atoms with Crippen molar-refractivity contribution in [2.45, 2.75) is 19.4 Å². The van der Waals surface area contributed by atoms with Gasteiger partial charge in [0.25, 0.3) is 11.5 Å². The molecule has 0 aliphatic heterocycles. The molecule has 0 fully saturated rings. The van der Waals surface area contributed by atoms with Crippen LogP contribution in [0.15, 0.2) is 58.1 Å². The maximum absolute atomic E-state index is 13.5. The lowest BCUT2D eigenvalue weighted by molar-refractivity contribution is 0.0174. The summed E-state index contributed by atoms with van der Waals surface area (Å²) >= 11 is 5.97. The quantitative estimate of drug-likeness (QED) is 0.450. The zero-order valence-corrected chi connectivity index (χ0v) is 18.2. The molecular weight excluding hydrogens is 442 g/mol. The van der Waals surface area contributed by atoms with Crippen molar-refractivity contribution in [2.75, 3.05) is 0 Å². The molecule has 0 saturated heterocycles. The van der Waals surface area contributed by atoms with Gasteiger partial charge in [0.1, 0.15) is 5.75 Å². The average molecular weight is 461 g/mol. The summed E-state index contributed by atoms with van der Waals surface area (Å²) < 4.78 is 36.7. The molecule has 0 amide bonds. The lowest BCUT2D eigenvalue weighted by Crippen LogP contribution is -2.37. The fourth-order valence-electron chi connectivity index (χ4n) is 3.34. The molecule has 2 heterocycles. The smallest absolute Gasteiger partial charge is 0.332 e. The van der Waals surface area contributed by atoms with E-state index >= 15 is 0 Å². The summed E-state index contributed by atoms with van der Waals surface area (Å²) in [6.45, 7) is 1.02. The van der Waals surface area contributed by atoms with Crippen molar-refractivity contribution in [2.24, 2.45) is 14.1 Å². The summed E-state index contributed by atoms with van der Waals surface area (Å²) in [5.41, 5.74) is -0.0682. The molecule has 0 saturated carbocycles. The van der Waals surface area contributed by atoms with E-state index in [0.717, 1.165) is 17.1 Å². The number of aromatic nitrogens is 4. The summed E-state index contributed by atoms with van der Waals surface area (Å²) in [6.07, 6.45) is 0. The Hall–Kier alpha value is -3.46. The molecule has 0 N–H and O–H groups in total. The van der Waals surface area contributed by atoms with Gasteiger partial charge in [-0.2, -0.15) is 4.98 Å². The second-order valence-electron chi connectivity index (χ2n) is 7.50. The number of aryl methyl sites for hydroxylation is 1. The van der Waals surface area contributed by atoms with Gasteiger partial charge in [-0.3, -0.25) is 18.5 Å². The van der Waals surface area contributed by atoms with Gasteiger partial charge < -0.3 is 4.74 Å². The van der Waals surface area contributed by atoms with Crippen molar-refractivity contribution in [1.82, 2.24) is 18.7 Å². The Morgan fingerprint density at radius 2 is 1.62 bits per heavy atom. The van der Waals surface area contributed by atoms with Gasteiger partial charge >= 0.3 is 11.7 Å². The predicted molar refractivity (Wildman–Crippen MR) is 117 cm³/mol. The lowest BCUT2D eigenvalue weighted by atomic mass is 10.1. The van der Waals surface area contributed by atoms with Crippen molar-refractivity contribution in [1.29, 1.82) is 0 Å². The normalized spacial score (nSPS) is 11.8. The average Bonchev–Trinajstić information content (AvgIpc) is 3.10. The number of ether oxygens (including phenoxy) is 1. The van der Waals surface area contributed by atoms with Crippen LogP contribution in [0.4, 0.5) is 8.78 Å². The van der Waals surface area contributed by atoms with E-state index in [4.69, 9.17) is 16.3 Å². The first-order valence-electron chi connectivity index (χ1n) is 9.63. The highest BCUT2D eigenvalue weighted by molar-refractivity contribution is 6.30. The van der Waals surface area contributed by atoms with Crippen molar-refractivity contribution in [3.63, 3.8) is 0 Å². The molecule has 0 bridgehead atoms. The molecule has 0 spiro atoms. The SMILES string of the molecule is Cn1c(=O)c2c(nc(Oc3ccc(C(C)(F)F)cc3)n2Cc2ccc(Cl)cc2)n(C)c1=O. The molecular formula is C22H19ClF2N4O3. The number of rotatable bonds is 5. The first-order chi connectivity index (χ1) is 15.1. The van der Waals surface area contributed by atoms with Crippen LogP contribution >= 0.6 is 11.6 Å². The highest BCUT2D eigenvalue weighted by atomic mass is 35.5. The second-order valence-corrected chi connectivity index (χ2v) is 7.94. The highest BCUT2D eigenvalue weighted by Gasteiger charge is 2.24. The third kappa shape index (κ3) is 3.91. The minimum Gasteiger partial charge on any atom is -0.425 e. The number of hydrogen-bond donors (Lipinski definition) is 0. The maximum Gasteiger partial charge on any atom is 0.332 e. The first kappa shape index (κ1) is 21.8. The molecule has 7 nitrogen and oxygen atoms in total. The predicted octanol–water partition coefficient (Wildman–Crippen LogP) is 4.04. The Labute approximate surface area is 186 Å². The summed E-state index contributed by atoms with van der Waals surface area (Å²) in [4.78, 5) is 29.6. The number of nitrogens with zero attached hydrogens (tertiary/aromatic N) is 4. The van der Waals surface area contributed by atoms with E-state index in [1.807, 2.05) is 0 Å². The van der Waals surface area contributed by atoms with Gasteiger partial charge in [0.15, 0.2) is 11.2 Å². The second kappa shape index (κ2) is 7.90. The fraction of sp³-hybridized carbons (Fsp3) is 0.227. The van der Waals surface area contributed by atoms with Crippen LogP contribution < -0.4 is 16.0 Å². The largest absolute Gasteiger partial charge is 0.425 e. The summed E-state index contributed by atoms with van der Waals surface area (Å²) in [5.74, 6) is -2.72. The van der Waals surface area contributed by atoms with Crippen molar-refractivity contribution in [3.05, 3.63) is 85.5 Å². The Bertz CT molecular complexity index is 1420. The van der Waals surface area contributed by atoms with Crippen LogP contribution in [0.1, 0.15) is 18.1 Å². The van der Waals surface area contributed by atoms with E-state index in [-0.39, 0.29) is 35.0 Å². The van der Waals surface area contributed by atoms with Crippen LogP contribution in [0.3, 0.4) is 0 Å². The first-order valence-corrected chi connectivity index (χ1v) is 10.0. The van der Waals surface area contributed by atoms with Gasteiger partial charge in [-0.25, -0.2) is 13.6 Å². The van der Waals surface area contributed by atoms with Crippen molar-refractivity contribution >= 4 is 22.8 Å². The molecule has 2 aromatic carbocycles. The topological polar surface area (TPSA) is 71.1 Å². The van der Waals surface area contributed by atoms with E-state index < -0.39 is 17.2 Å². The number of alkyl halides is 2. The maximum atomic E-state index is 13.5. The van der Waals surface area contributed by atoms with Gasteiger partial charge in [0.2, 0.25) is 0 Å². The minimum absolute atomic E-state index is 0.0456. The van der Waals surface area contributed by atoms with Gasteiger partial charge in [0, 0.05) is 31.6 Å². The Kier molecular flexibility index (Phi) is 5.37. The lowest BCUT2D eigenvalue weighted by Gasteiger charge is -2.12. The van der Waals surface area contributed by atoms with Crippen LogP contribution in [-0.2, 0) is 26.6 Å². The molecule has 166 valence electrons. The molecule has 0 unspecified atom stereocenters. The van der Waals surface area contributed by atoms with Gasteiger partial charge in [0.05, 0.1) is 6.54 Å². The van der Waals surface area contributed by atoms with E-state index in [9.17, 15) is 18.4 Å². The van der Waals surface area contributed by atoms with Gasteiger partial charge in [-0.15, -0.1) is 0 Å². The van der Waals surface area contributed by atoms with Crippen molar-refractivity contribution in [3.8, 4) is 11.8 Å². The molecule has 10 heteroatoms. The zero-order chi connectivity index (χ0) is 23.2. The Morgan fingerprint density at radius 3 is 2.22 bits per heavy atom. The molecule has 0 aliphatic carbocycles. The number of hydrogen-bond acceptors (Lipinski definition) is 4. The van der Waals surface area contributed by atoms with Crippen LogP contribution in [0, 0.1) is 0 Å². The summed E-state index contributed by atoms with van der Waals surface area (Å²) in [6, 6.07) is 12.4. The molecule has 32 heavy (non-hydrogen) atoms. The van der Waals surface area contributed by atoms with E-state index in [1.165, 1.54) is 42.9 Å². The number of benzene rings is 2. The van der Waals surface area contributed by atoms with Crippen LogP contribution in [0.5, 0.6) is 11.8 Å².